The van der Waals surface area contributed by atoms with Gasteiger partial charge in [-0.25, -0.2) is 4.79 Å². The molecule has 2 aromatic rings. The molecule has 0 saturated carbocycles. The average Bonchev–Trinajstić information content (AvgIpc) is 3.09. The van der Waals surface area contributed by atoms with E-state index >= 15 is 0 Å². The zero-order valence-electron chi connectivity index (χ0n) is 15.0. The van der Waals surface area contributed by atoms with E-state index in [0.29, 0.717) is 29.3 Å². The number of nitrogens with zero attached hydrogens (tertiary/aromatic N) is 1. The molecule has 2 N–H and O–H groups in total. The second kappa shape index (κ2) is 7.35. The van der Waals surface area contributed by atoms with Crippen molar-refractivity contribution < 1.29 is 19.1 Å². The van der Waals surface area contributed by atoms with E-state index in [-0.39, 0.29) is 18.7 Å². The summed E-state index contributed by atoms with van der Waals surface area (Å²) in [6.45, 7) is 2.43. The summed E-state index contributed by atoms with van der Waals surface area (Å²) in [5.74, 6) is 1.26. The minimum atomic E-state index is -0.347. The SMILES string of the molecule is Cc1ccc(C(=O)N(C)C)cc1NC(=O)NCc1ccc2c(c1)OCO2. The number of aryl methyl sites for hydroxylation is 1. The number of nitrogens with one attached hydrogen (secondary N) is 2. The van der Waals surface area contributed by atoms with Crippen molar-refractivity contribution in [3.8, 4) is 11.5 Å². The van der Waals surface area contributed by atoms with Crippen molar-refractivity contribution >= 4 is 17.6 Å². The Morgan fingerprint density at radius 1 is 1.08 bits per heavy atom. The van der Waals surface area contributed by atoms with Crippen molar-refractivity contribution in [2.24, 2.45) is 0 Å². The smallest absolute Gasteiger partial charge is 0.319 e. The van der Waals surface area contributed by atoms with E-state index in [0.717, 1.165) is 11.1 Å². The molecule has 0 aromatic heterocycles. The molecule has 26 heavy (non-hydrogen) atoms. The average molecular weight is 355 g/mol. The van der Waals surface area contributed by atoms with Crippen LogP contribution in [0, 0.1) is 6.92 Å². The van der Waals surface area contributed by atoms with Crippen LogP contribution in [0.4, 0.5) is 10.5 Å². The second-order valence-electron chi connectivity index (χ2n) is 6.22. The maximum absolute atomic E-state index is 12.2. The number of ether oxygens (including phenoxy) is 2. The van der Waals surface area contributed by atoms with Gasteiger partial charge in [0.2, 0.25) is 6.79 Å². The molecule has 0 fully saturated rings. The summed E-state index contributed by atoms with van der Waals surface area (Å²) in [6, 6.07) is 10.4. The van der Waals surface area contributed by atoms with Crippen molar-refractivity contribution in [2.75, 3.05) is 26.2 Å². The normalized spacial score (nSPS) is 11.8. The van der Waals surface area contributed by atoms with Crippen LogP contribution in [0.25, 0.3) is 0 Å². The van der Waals surface area contributed by atoms with Gasteiger partial charge < -0.3 is 25.0 Å². The zero-order chi connectivity index (χ0) is 18.7. The lowest BCUT2D eigenvalue weighted by Crippen LogP contribution is -2.28. The highest BCUT2D eigenvalue weighted by molar-refractivity contribution is 5.97. The van der Waals surface area contributed by atoms with Gasteiger partial charge in [0, 0.05) is 31.9 Å². The van der Waals surface area contributed by atoms with Gasteiger partial charge in [-0.15, -0.1) is 0 Å². The maximum Gasteiger partial charge on any atom is 0.319 e. The Labute approximate surface area is 151 Å². The van der Waals surface area contributed by atoms with Crippen LogP contribution >= 0.6 is 0 Å². The van der Waals surface area contributed by atoms with Crippen LogP contribution in [0.15, 0.2) is 36.4 Å². The third kappa shape index (κ3) is 3.88. The number of anilines is 1. The van der Waals surface area contributed by atoms with Crippen LogP contribution in [0.5, 0.6) is 11.5 Å². The Balaban J connectivity index is 1.63. The molecule has 0 radical (unpaired) electrons. The van der Waals surface area contributed by atoms with Gasteiger partial charge in [0.1, 0.15) is 0 Å². The van der Waals surface area contributed by atoms with E-state index in [1.807, 2.05) is 31.2 Å². The first-order valence-electron chi connectivity index (χ1n) is 8.20. The Hall–Kier alpha value is -3.22. The fourth-order valence-electron chi connectivity index (χ4n) is 2.55. The van der Waals surface area contributed by atoms with Crippen LogP contribution in [0.1, 0.15) is 21.5 Å². The third-order valence-electron chi connectivity index (χ3n) is 4.03. The number of fused-ring (bicyclic) bond motifs is 1. The summed E-state index contributed by atoms with van der Waals surface area (Å²) in [5.41, 5.74) is 2.89. The predicted octanol–water partition coefficient (Wildman–Crippen LogP) is 2.75. The standard InChI is InChI=1S/C19H21N3O4/c1-12-4-6-14(18(23)22(2)3)9-15(12)21-19(24)20-10-13-5-7-16-17(8-13)26-11-25-16/h4-9H,10-11H2,1-3H3,(H2,20,21,24). The van der Waals surface area contributed by atoms with Gasteiger partial charge in [-0.2, -0.15) is 0 Å². The number of hydrogen-bond donors (Lipinski definition) is 2. The number of amides is 3. The minimum absolute atomic E-state index is 0.117. The molecule has 0 atom stereocenters. The first-order valence-corrected chi connectivity index (χ1v) is 8.20. The zero-order valence-corrected chi connectivity index (χ0v) is 15.0. The lowest BCUT2D eigenvalue weighted by atomic mass is 10.1. The first kappa shape index (κ1) is 17.6. The minimum Gasteiger partial charge on any atom is -0.454 e. The van der Waals surface area contributed by atoms with Crippen molar-refractivity contribution in [3.63, 3.8) is 0 Å². The highest BCUT2D eigenvalue weighted by Crippen LogP contribution is 2.32. The summed E-state index contributed by atoms with van der Waals surface area (Å²) in [7, 11) is 3.38. The number of rotatable bonds is 4. The van der Waals surface area contributed by atoms with E-state index in [1.54, 1.807) is 26.2 Å². The van der Waals surface area contributed by atoms with Gasteiger partial charge in [-0.05, 0) is 42.3 Å². The second-order valence-corrected chi connectivity index (χ2v) is 6.22. The topological polar surface area (TPSA) is 79.9 Å². The summed E-state index contributed by atoms with van der Waals surface area (Å²) < 4.78 is 10.6. The fraction of sp³-hybridized carbons (Fsp3) is 0.263. The van der Waals surface area contributed by atoms with Gasteiger partial charge in [0.05, 0.1) is 0 Å². The lowest BCUT2D eigenvalue weighted by Gasteiger charge is -2.14. The number of carbonyl (C=O) groups is 2. The number of benzene rings is 2. The van der Waals surface area contributed by atoms with E-state index in [9.17, 15) is 9.59 Å². The molecule has 1 aliphatic heterocycles. The first-order chi connectivity index (χ1) is 12.4. The Kier molecular flexibility index (Phi) is 4.97. The summed E-state index contributed by atoms with van der Waals surface area (Å²) in [5, 5.41) is 5.59. The quantitative estimate of drug-likeness (QED) is 0.884. The Morgan fingerprint density at radius 2 is 1.85 bits per heavy atom. The Morgan fingerprint density at radius 3 is 2.62 bits per heavy atom. The summed E-state index contributed by atoms with van der Waals surface area (Å²) in [6.07, 6.45) is 0. The number of urea groups is 1. The highest BCUT2D eigenvalue weighted by Gasteiger charge is 2.14. The largest absolute Gasteiger partial charge is 0.454 e. The van der Waals surface area contributed by atoms with Crippen LogP contribution in [0.3, 0.4) is 0 Å². The molecule has 7 heteroatoms. The van der Waals surface area contributed by atoms with E-state index in [2.05, 4.69) is 10.6 Å². The van der Waals surface area contributed by atoms with Crippen molar-refractivity contribution in [1.82, 2.24) is 10.2 Å². The molecule has 0 aliphatic carbocycles. The molecule has 1 aliphatic rings. The van der Waals surface area contributed by atoms with Crippen LogP contribution in [-0.4, -0.2) is 37.7 Å². The van der Waals surface area contributed by atoms with Gasteiger partial charge in [0.15, 0.2) is 11.5 Å². The predicted molar refractivity (Wildman–Crippen MR) is 97.6 cm³/mol. The van der Waals surface area contributed by atoms with E-state index in [4.69, 9.17) is 9.47 Å². The lowest BCUT2D eigenvalue weighted by molar-refractivity contribution is 0.0827. The van der Waals surface area contributed by atoms with Crippen molar-refractivity contribution in [2.45, 2.75) is 13.5 Å². The molecule has 2 aromatic carbocycles. The molecule has 3 rings (SSSR count). The van der Waals surface area contributed by atoms with E-state index in [1.165, 1.54) is 4.90 Å². The molecule has 1 heterocycles. The molecule has 136 valence electrons. The summed E-state index contributed by atoms with van der Waals surface area (Å²) >= 11 is 0. The van der Waals surface area contributed by atoms with Gasteiger partial charge in [-0.1, -0.05) is 12.1 Å². The highest BCUT2D eigenvalue weighted by atomic mass is 16.7. The molecule has 0 bridgehead atoms. The molecular weight excluding hydrogens is 334 g/mol. The fourth-order valence-corrected chi connectivity index (χ4v) is 2.55. The van der Waals surface area contributed by atoms with Gasteiger partial charge in [-0.3, -0.25) is 4.79 Å². The number of hydrogen-bond acceptors (Lipinski definition) is 4. The molecular formula is C19H21N3O4. The Bertz CT molecular complexity index is 849. The molecule has 0 spiro atoms. The molecule has 0 unspecified atom stereocenters. The van der Waals surface area contributed by atoms with Gasteiger partial charge in [0.25, 0.3) is 5.91 Å². The third-order valence-corrected chi connectivity index (χ3v) is 4.03. The molecule has 3 amide bonds. The van der Waals surface area contributed by atoms with Crippen molar-refractivity contribution in [3.05, 3.63) is 53.1 Å². The van der Waals surface area contributed by atoms with Crippen molar-refractivity contribution in [1.29, 1.82) is 0 Å². The van der Waals surface area contributed by atoms with E-state index < -0.39 is 0 Å². The maximum atomic E-state index is 12.2. The number of carbonyl (C=O) groups excluding carboxylic acids is 2. The van der Waals surface area contributed by atoms with Crippen LogP contribution in [0.2, 0.25) is 0 Å². The van der Waals surface area contributed by atoms with Gasteiger partial charge >= 0.3 is 6.03 Å². The molecule has 7 nitrogen and oxygen atoms in total. The monoisotopic (exact) mass is 355 g/mol. The van der Waals surface area contributed by atoms with Crippen LogP contribution < -0.4 is 20.1 Å². The van der Waals surface area contributed by atoms with Crippen LogP contribution in [-0.2, 0) is 6.54 Å². The summed E-state index contributed by atoms with van der Waals surface area (Å²) in [4.78, 5) is 25.8. The molecule has 0 saturated heterocycles.